The van der Waals surface area contributed by atoms with E-state index in [9.17, 15) is 8.78 Å². The molecule has 0 aliphatic carbocycles. The van der Waals surface area contributed by atoms with Gasteiger partial charge in [0.1, 0.15) is 5.69 Å². The minimum Gasteiger partial charge on any atom is -0.204 e. The summed E-state index contributed by atoms with van der Waals surface area (Å²) < 4.78 is 28.0. The molecule has 0 saturated heterocycles. The summed E-state index contributed by atoms with van der Waals surface area (Å²) in [6.07, 6.45) is 4.81. The number of benzene rings is 4. The van der Waals surface area contributed by atoms with Gasteiger partial charge in [-0.05, 0) is 77.6 Å². The Bertz CT molecular complexity index is 1490. The van der Waals surface area contributed by atoms with Crippen LogP contribution in [-0.2, 0) is 6.42 Å². The summed E-state index contributed by atoms with van der Waals surface area (Å²) in [5.41, 5.74) is 5.87. The van der Waals surface area contributed by atoms with Gasteiger partial charge in [0.05, 0.1) is 5.16 Å². The Hall–Kier alpha value is -3.61. The Morgan fingerprint density at radius 3 is 2.00 bits per heavy atom. The van der Waals surface area contributed by atoms with Gasteiger partial charge < -0.3 is 0 Å². The van der Waals surface area contributed by atoms with Gasteiger partial charge in [0.25, 0.3) is 0 Å². The summed E-state index contributed by atoms with van der Waals surface area (Å²) in [5, 5.41) is 2.63. The summed E-state index contributed by atoms with van der Waals surface area (Å²) in [4.78, 5) is 3.40. The van der Waals surface area contributed by atoms with Crippen LogP contribution in [-0.4, -0.2) is 5.16 Å². The van der Waals surface area contributed by atoms with E-state index in [4.69, 9.17) is 11.6 Å². The molecular weight excluding hydrogens is 504 g/mol. The smallest absolute Gasteiger partial charge is 0.153 e. The van der Waals surface area contributed by atoms with E-state index >= 15 is 0 Å². The minimum absolute atomic E-state index is 0.204. The third kappa shape index (κ3) is 6.79. The number of aliphatic imine (C=N–C) groups is 1. The van der Waals surface area contributed by atoms with Gasteiger partial charge in [-0.25, -0.2) is 8.78 Å². The van der Waals surface area contributed by atoms with Crippen molar-refractivity contribution in [3.05, 3.63) is 112 Å². The third-order valence-electron chi connectivity index (χ3n) is 6.05. The summed E-state index contributed by atoms with van der Waals surface area (Å²) in [7, 11) is 0. The van der Waals surface area contributed by atoms with E-state index in [1.54, 1.807) is 0 Å². The number of hydrogen-bond donors (Lipinski definition) is 0. The molecule has 0 fully saturated rings. The summed E-state index contributed by atoms with van der Waals surface area (Å²) in [6.45, 7) is 2.22. The number of hydrogen-bond acceptors (Lipinski definition) is 2. The maximum Gasteiger partial charge on any atom is 0.153 e. The molecular formula is C32H24ClF2NS. The Labute approximate surface area is 226 Å². The Morgan fingerprint density at radius 2 is 1.38 bits per heavy atom. The predicted molar refractivity (Wildman–Crippen MR) is 153 cm³/mol. The quantitative estimate of drug-likeness (QED) is 0.101. The third-order valence-corrected chi connectivity index (χ3v) is 6.45. The van der Waals surface area contributed by atoms with Crippen LogP contribution in [0.15, 0.2) is 83.9 Å². The number of aryl methyl sites for hydroxylation is 1. The molecule has 1 nitrogen and oxygen atoms in total. The molecule has 0 aliphatic rings. The first kappa shape index (κ1) is 26.5. The van der Waals surface area contributed by atoms with E-state index in [0.29, 0.717) is 10.6 Å². The molecule has 4 aromatic rings. The van der Waals surface area contributed by atoms with Crippen LogP contribution in [0.1, 0.15) is 42.9 Å². The lowest BCUT2D eigenvalue weighted by atomic mass is 9.98. The zero-order chi connectivity index (χ0) is 26.2. The van der Waals surface area contributed by atoms with Crippen molar-refractivity contribution >= 4 is 34.7 Å². The number of unbranched alkanes of at least 4 members (excludes halogenated alkanes) is 2. The van der Waals surface area contributed by atoms with Crippen LogP contribution in [0.2, 0.25) is 5.02 Å². The van der Waals surface area contributed by atoms with Crippen LogP contribution in [0.5, 0.6) is 0 Å². The van der Waals surface area contributed by atoms with Gasteiger partial charge in [-0.1, -0.05) is 91.7 Å². The SMILES string of the molecule is CCCCCc1ccc(-c2ccc(-c3ccc(C#Cc4cc(F)c(N=C=S)c(F)c4)cc3)c(Cl)c2)cc1. The molecule has 0 N–H and O–H groups in total. The zero-order valence-corrected chi connectivity index (χ0v) is 21.9. The van der Waals surface area contributed by atoms with Gasteiger partial charge in [0, 0.05) is 21.7 Å². The highest BCUT2D eigenvalue weighted by atomic mass is 35.5. The molecule has 0 bridgehead atoms. The van der Waals surface area contributed by atoms with Crippen molar-refractivity contribution in [1.29, 1.82) is 0 Å². The van der Waals surface area contributed by atoms with Crippen LogP contribution in [0.25, 0.3) is 22.3 Å². The van der Waals surface area contributed by atoms with Gasteiger partial charge >= 0.3 is 0 Å². The lowest BCUT2D eigenvalue weighted by Crippen LogP contribution is -1.87. The van der Waals surface area contributed by atoms with E-state index in [-0.39, 0.29) is 5.56 Å². The topological polar surface area (TPSA) is 12.4 Å². The number of nitrogens with zero attached hydrogens (tertiary/aromatic N) is 1. The molecule has 37 heavy (non-hydrogen) atoms. The monoisotopic (exact) mass is 527 g/mol. The fourth-order valence-corrected chi connectivity index (χ4v) is 4.42. The first-order valence-corrected chi connectivity index (χ1v) is 12.9. The highest BCUT2D eigenvalue weighted by Crippen LogP contribution is 2.32. The Kier molecular flexibility index (Phi) is 8.99. The second kappa shape index (κ2) is 12.6. The van der Waals surface area contributed by atoms with E-state index < -0.39 is 17.3 Å². The van der Waals surface area contributed by atoms with Crippen molar-refractivity contribution in [2.24, 2.45) is 4.99 Å². The molecule has 5 heteroatoms. The average molecular weight is 528 g/mol. The maximum atomic E-state index is 14.0. The van der Waals surface area contributed by atoms with Gasteiger partial charge in [-0.2, -0.15) is 4.99 Å². The number of isothiocyanates is 1. The number of thiocarbonyl (C=S) groups is 1. The van der Waals surface area contributed by atoms with Crippen LogP contribution in [0.4, 0.5) is 14.5 Å². The minimum atomic E-state index is -0.835. The van der Waals surface area contributed by atoms with Gasteiger partial charge in [-0.3, -0.25) is 0 Å². The lowest BCUT2D eigenvalue weighted by Gasteiger charge is -2.09. The molecule has 0 amide bonds. The van der Waals surface area contributed by atoms with Crippen molar-refractivity contribution in [1.82, 2.24) is 0 Å². The van der Waals surface area contributed by atoms with E-state index in [0.717, 1.165) is 40.8 Å². The largest absolute Gasteiger partial charge is 0.204 e. The Balaban J connectivity index is 1.49. The molecule has 0 radical (unpaired) electrons. The second-order valence-electron chi connectivity index (χ2n) is 8.67. The van der Waals surface area contributed by atoms with Crippen LogP contribution in [0.3, 0.4) is 0 Å². The molecule has 4 rings (SSSR count). The lowest BCUT2D eigenvalue weighted by molar-refractivity contribution is 0.587. The molecule has 0 atom stereocenters. The van der Waals surface area contributed by atoms with Crippen LogP contribution >= 0.6 is 23.8 Å². The molecule has 0 unspecified atom stereocenters. The summed E-state index contributed by atoms with van der Waals surface area (Å²) >= 11 is 11.1. The highest BCUT2D eigenvalue weighted by molar-refractivity contribution is 7.78. The van der Waals surface area contributed by atoms with Crippen molar-refractivity contribution in [3.63, 3.8) is 0 Å². The molecule has 0 aromatic heterocycles. The Morgan fingerprint density at radius 1 is 0.757 bits per heavy atom. The second-order valence-corrected chi connectivity index (χ2v) is 9.26. The van der Waals surface area contributed by atoms with Crippen molar-refractivity contribution in [2.45, 2.75) is 32.6 Å². The van der Waals surface area contributed by atoms with Gasteiger partial charge in [-0.15, -0.1) is 0 Å². The zero-order valence-electron chi connectivity index (χ0n) is 20.3. The van der Waals surface area contributed by atoms with E-state index in [1.807, 2.05) is 41.6 Å². The summed E-state index contributed by atoms with van der Waals surface area (Å²) in [6, 6.07) is 24.5. The first-order valence-electron chi connectivity index (χ1n) is 12.1. The van der Waals surface area contributed by atoms with Crippen LogP contribution < -0.4 is 0 Å². The molecule has 0 saturated carbocycles. The fourth-order valence-electron chi connectivity index (χ4n) is 4.04. The van der Waals surface area contributed by atoms with Crippen molar-refractivity contribution in [3.8, 4) is 34.1 Å². The number of halogens is 3. The average Bonchev–Trinajstić information content (AvgIpc) is 2.90. The molecule has 184 valence electrons. The normalized spacial score (nSPS) is 10.4. The fraction of sp³-hybridized carbons (Fsp3) is 0.156. The maximum absolute atomic E-state index is 14.0. The summed E-state index contributed by atoms with van der Waals surface area (Å²) in [5.74, 6) is 4.04. The molecule has 0 heterocycles. The van der Waals surface area contributed by atoms with Gasteiger partial charge in [0.2, 0.25) is 0 Å². The van der Waals surface area contributed by atoms with E-state index in [2.05, 4.69) is 66.3 Å². The van der Waals surface area contributed by atoms with E-state index in [1.165, 1.54) is 24.8 Å². The highest BCUT2D eigenvalue weighted by Gasteiger charge is 2.10. The first-order chi connectivity index (χ1) is 18.0. The molecule has 4 aromatic carbocycles. The molecule has 0 spiro atoms. The van der Waals surface area contributed by atoms with Crippen molar-refractivity contribution < 1.29 is 8.78 Å². The number of rotatable bonds is 7. The van der Waals surface area contributed by atoms with Crippen molar-refractivity contribution in [2.75, 3.05) is 0 Å². The van der Waals surface area contributed by atoms with Gasteiger partial charge in [0.15, 0.2) is 11.6 Å². The standard InChI is InChI=1S/C32H24ClF2NS/c1-2-3-4-5-22-8-12-25(13-9-22)27-16-17-28(29(33)20-27)26-14-10-23(11-15-26)6-7-24-18-30(34)32(36-21-37)31(35)19-24/h8-20H,2-5H2,1H3. The predicted octanol–water partition coefficient (Wildman–Crippen LogP) is 9.82. The molecule has 0 aliphatic heterocycles. The van der Waals surface area contributed by atoms with Crippen LogP contribution in [0, 0.1) is 23.5 Å².